The molecule has 0 aromatic carbocycles. The fraction of sp³-hybridized carbons (Fsp3) is 0.200. The van der Waals surface area contributed by atoms with Crippen LogP contribution in [-0.4, -0.2) is 9.97 Å². The molecule has 4 heteroatoms. The Morgan fingerprint density at radius 3 is 2.78 bits per heavy atom. The van der Waals surface area contributed by atoms with Crippen LogP contribution in [-0.2, 0) is 0 Å². The summed E-state index contributed by atoms with van der Waals surface area (Å²) in [6.07, 6.45) is 1.34. The summed E-state index contributed by atoms with van der Waals surface area (Å²) < 4.78 is 12.3. The van der Waals surface area contributed by atoms with Gasteiger partial charge < -0.3 is 0 Å². The van der Waals surface area contributed by atoms with Crippen molar-refractivity contribution in [1.29, 1.82) is 0 Å². The first-order valence-electron chi connectivity index (χ1n) is 2.35. The molecule has 0 bridgehead atoms. The smallest absolute Gasteiger partial charge is 0.224 e. The summed E-state index contributed by atoms with van der Waals surface area (Å²) in [6.45, 7) is 1.58. The normalized spacial score (nSPS) is 9.67. The maximum absolute atomic E-state index is 12.3. The van der Waals surface area contributed by atoms with Crippen LogP contribution < -0.4 is 0 Å². The molecular weight excluding hydrogens is 143 g/mol. The third-order valence-electron chi connectivity index (χ3n) is 0.881. The number of aromatic nitrogens is 2. The number of hydrogen-bond donors (Lipinski definition) is 0. The van der Waals surface area contributed by atoms with Crippen LogP contribution in [0.3, 0.4) is 0 Å². The van der Waals surface area contributed by atoms with Crippen molar-refractivity contribution in [1.82, 2.24) is 9.97 Å². The summed E-state index contributed by atoms with van der Waals surface area (Å²) in [5.41, 5.74) is 0.402. The van der Waals surface area contributed by atoms with Crippen LogP contribution >= 0.6 is 11.6 Å². The minimum atomic E-state index is -0.560. The van der Waals surface area contributed by atoms with Gasteiger partial charge in [0.05, 0.1) is 0 Å². The van der Waals surface area contributed by atoms with Gasteiger partial charge in [-0.25, -0.2) is 4.98 Å². The van der Waals surface area contributed by atoms with E-state index in [0.717, 1.165) is 0 Å². The van der Waals surface area contributed by atoms with Crippen LogP contribution in [0.2, 0.25) is 5.28 Å². The van der Waals surface area contributed by atoms with Gasteiger partial charge in [0.25, 0.3) is 0 Å². The third kappa shape index (κ3) is 1.36. The fourth-order valence-electron chi connectivity index (χ4n) is 0.401. The molecule has 1 rings (SSSR count). The van der Waals surface area contributed by atoms with Gasteiger partial charge >= 0.3 is 0 Å². The van der Waals surface area contributed by atoms with Crippen molar-refractivity contribution in [3.05, 3.63) is 23.0 Å². The third-order valence-corrected chi connectivity index (χ3v) is 1.06. The number of halogens is 2. The molecule has 0 fully saturated rings. The predicted octanol–water partition coefficient (Wildman–Crippen LogP) is 1.58. The van der Waals surface area contributed by atoms with Crippen molar-refractivity contribution < 1.29 is 4.39 Å². The molecule has 0 aliphatic rings. The lowest BCUT2D eigenvalue weighted by Gasteiger charge is -1.91. The van der Waals surface area contributed by atoms with E-state index >= 15 is 0 Å². The Bertz CT molecular complexity index is 226. The zero-order chi connectivity index (χ0) is 6.85. The largest absolute Gasteiger partial charge is 0.226 e. The van der Waals surface area contributed by atoms with Gasteiger partial charge in [-0.15, -0.1) is 0 Å². The molecule has 1 heterocycles. The average Bonchev–Trinajstić information content (AvgIpc) is 1.80. The Balaban J connectivity index is 3.17. The van der Waals surface area contributed by atoms with E-state index in [-0.39, 0.29) is 5.28 Å². The molecule has 1 aromatic rings. The molecule has 0 saturated carbocycles. The fourth-order valence-corrected chi connectivity index (χ4v) is 0.524. The number of rotatable bonds is 0. The van der Waals surface area contributed by atoms with Crippen molar-refractivity contribution in [2.45, 2.75) is 6.92 Å². The summed E-state index contributed by atoms with van der Waals surface area (Å²) in [5.74, 6) is -0.560. The second-order valence-electron chi connectivity index (χ2n) is 1.61. The SMILES string of the molecule is Cc1cnc(Cl)nc1F. The average molecular weight is 147 g/mol. The van der Waals surface area contributed by atoms with Crippen LogP contribution in [0.1, 0.15) is 5.56 Å². The summed E-state index contributed by atoms with van der Waals surface area (Å²) >= 11 is 5.25. The molecule has 0 amide bonds. The van der Waals surface area contributed by atoms with E-state index in [9.17, 15) is 4.39 Å². The Kier molecular flexibility index (Phi) is 1.62. The van der Waals surface area contributed by atoms with E-state index in [1.54, 1.807) is 6.92 Å². The van der Waals surface area contributed by atoms with E-state index in [2.05, 4.69) is 9.97 Å². The topological polar surface area (TPSA) is 25.8 Å². The molecule has 0 unspecified atom stereocenters. The zero-order valence-corrected chi connectivity index (χ0v) is 5.48. The Morgan fingerprint density at radius 1 is 1.67 bits per heavy atom. The first-order chi connectivity index (χ1) is 4.20. The van der Waals surface area contributed by atoms with Crippen molar-refractivity contribution in [3.8, 4) is 0 Å². The first kappa shape index (κ1) is 6.42. The van der Waals surface area contributed by atoms with Gasteiger partial charge in [-0.1, -0.05) is 0 Å². The molecule has 0 N–H and O–H groups in total. The number of nitrogens with zero attached hydrogens (tertiary/aromatic N) is 2. The van der Waals surface area contributed by atoms with Crippen LogP contribution in [0.25, 0.3) is 0 Å². The molecule has 0 aliphatic carbocycles. The van der Waals surface area contributed by atoms with Gasteiger partial charge in [-0.3, -0.25) is 0 Å². The van der Waals surface area contributed by atoms with Gasteiger partial charge in [0, 0.05) is 11.8 Å². The van der Waals surface area contributed by atoms with E-state index in [4.69, 9.17) is 11.6 Å². The van der Waals surface area contributed by atoms with Crippen LogP contribution in [0.4, 0.5) is 4.39 Å². The number of hydrogen-bond acceptors (Lipinski definition) is 2. The standard InChI is InChI=1S/C5H4ClFN2/c1-3-2-8-5(6)9-4(3)7/h2H,1H3. The lowest BCUT2D eigenvalue weighted by Crippen LogP contribution is -1.89. The van der Waals surface area contributed by atoms with Crippen LogP contribution in [0, 0.1) is 12.9 Å². The minimum Gasteiger partial charge on any atom is -0.226 e. The predicted molar refractivity (Wildman–Crippen MR) is 31.7 cm³/mol. The highest BCUT2D eigenvalue weighted by Gasteiger charge is 1.97. The number of aryl methyl sites for hydroxylation is 1. The molecule has 0 spiro atoms. The van der Waals surface area contributed by atoms with Gasteiger partial charge in [-0.2, -0.15) is 9.37 Å². The van der Waals surface area contributed by atoms with Gasteiger partial charge in [0.15, 0.2) is 0 Å². The van der Waals surface area contributed by atoms with Gasteiger partial charge in [0.2, 0.25) is 11.2 Å². The quantitative estimate of drug-likeness (QED) is 0.410. The van der Waals surface area contributed by atoms with Gasteiger partial charge in [-0.05, 0) is 18.5 Å². The second kappa shape index (κ2) is 2.27. The summed E-state index contributed by atoms with van der Waals surface area (Å²) in [4.78, 5) is 6.81. The van der Waals surface area contributed by atoms with Crippen LogP contribution in [0.5, 0.6) is 0 Å². The molecule has 1 aromatic heterocycles. The monoisotopic (exact) mass is 146 g/mol. The van der Waals surface area contributed by atoms with Crippen molar-refractivity contribution >= 4 is 11.6 Å². The minimum absolute atomic E-state index is 0.0573. The Morgan fingerprint density at radius 2 is 2.33 bits per heavy atom. The molecule has 0 radical (unpaired) electrons. The van der Waals surface area contributed by atoms with Crippen molar-refractivity contribution in [3.63, 3.8) is 0 Å². The summed E-state index contributed by atoms with van der Waals surface area (Å²) in [5, 5.41) is -0.0573. The van der Waals surface area contributed by atoms with Gasteiger partial charge in [0.1, 0.15) is 0 Å². The molecule has 0 saturated heterocycles. The Labute approximate surface area is 56.7 Å². The van der Waals surface area contributed by atoms with E-state index in [1.165, 1.54) is 6.20 Å². The first-order valence-corrected chi connectivity index (χ1v) is 2.72. The highest BCUT2D eigenvalue weighted by atomic mass is 35.5. The summed E-state index contributed by atoms with van der Waals surface area (Å²) in [7, 11) is 0. The molecule has 0 atom stereocenters. The van der Waals surface area contributed by atoms with Crippen molar-refractivity contribution in [2.75, 3.05) is 0 Å². The summed E-state index contributed by atoms with van der Waals surface area (Å²) in [6, 6.07) is 0. The highest BCUT2D eigenvalue weighted by Crippen LogP contribution is 2.03. The molecular formula is C5H4ClFN2. The zero-order valence-electron chi connectivity index (χ0n) is 4.73. The second-order valence-corrected chi connectivity index (χ2v) is 1.95. The van der Waals surface area contributed by atoms with E-state index < -0.39 is 5.95 Å². The molecule has 0 aliphatic heterocycles. The van der Waals surface area contributed by atoms with E-state index in [1.807, 2.05) is 0 Å². The Hall–Kier alpha value is -0.700. The molecule has 9 heavy (non-hydrogen) atoms. The highest BCUT2D eigenvalue weighted by molar-refractivity contribution is 6.28. The maximum Gasteiger partial charge on any atom is 0.224 e. The van der Waals surface area contributed by atoms with Crippen LogP contribution in [0.15, 0.2) is 6.20 Å². The molecule has 2 nitrogen and oxygen atoms in total. The molecule has 48 valence electrons. The van der Waals surface area contributed by atoms with Crippen molar-refractivity contribution in [2.24, 2.45) is 0 Å². The maximum atomic E-state index is 12.3. The van der Waals surface area contributed by atoms with E-state index in [0.29, 0.717) is 5.56 Å². The lowest BCUT2D eigenvalue weighted by molar-refractivity contribution is 0.570. The lowest BCUT2D eigenvalue weighted by atomic mass is 10.4.